The van der Waals surface area contributed by atoms with E-state index in [1.165, 1.54) is 6.07 Å². The van der Waals surface area contributed by atoms with Gasteiger partial charge in [0.05, 0.1) is 17.5 Å². The number of hydrogen-bond donors (Lipinski definition) is 1. The van der Waals surface area contributed by atoms with Crippen LogP contribution in [-0.4, -0.2) is 19.6 Å². The first-order valence-electron chi connectivity index (χ1n) is 4.42. The number of hydrogen-bond acceptors (Lipinski definition) is 2. The van der Waals surface area contributed by atoms with Crippen molar-refractivity contribution in [1.29, 1.82) is 0 Å². The third-order valence-corrected chi connectivity index (χ3v) is 2.41. The van der Waals surface area contributed by atoms with Gasteiger partial charge in [-0.15, -0.1) is 0 Å². The van der Waals surface area contributed by atoms with E-state index in [4.69, 9.17) is 4.74 Å². The fourth-order valence-electron chi connectivity index (χ4n) is 0.953. The molecule has 0 bridgehead atoms. The largest absolute Gasteiger partial charge is 0.493 e. The Morgan fingerprint density at radius 1 is 1.60 bits per heavy atom. The smallest absolute Gasteiger partial charge is 0.223 e. The molecule has 0 aliphatic rings. The second kappa shape index (κ2) is 5.70. The summed E-state index contributed by atoms with van der Waals surface area (Å²) < 4.78 is 18.6. The highest BCUT2D eigenvalue weighted by molar-refractivity contribution is 9.10. The van der Waals surface area contributed by atoms with E-state index in [2.05, 4.69) is 21.2 Å². The molecule has 0 aliphatic heterocycles. The molecule has 1 aromatic rings. The van der Waals surface area contributed by atoms with Crippen LogP contribution >= 0.6 is 15.9 Å². The Bertz CT molecular complexity index is 357. The van der Waals surface area contributed by atoms with Crippen LogP contribution in [0.3, 0.4) is 0 Å². The summed E-state index contributed by atoms with van der Waals surface area (Å²) in [5.41, 5.74) is 0. The van der Waals surface area contributed by atoms with Crippen LogP contribution in [0.1, 0.15) is 6.42 Å². The third kappa shape index (κ3) is 3.87. The first-order valence-corrected chi connectivity index (χ1v) is 5.21. The molecule has 0 aromatic heterocycles. The Labute approximate surface area is 95.7 Å². The molecule has 0 fully saturated rings. The average Bonchev–Trinajstić information content (AvgIpc) is 2.23. The highest BCUT2D eigenvalue weighted by Crippen LogP contribution is 2.20. The molecule has 15 heavy (non-hydrogen) atoms. The van der Waals surface area contributed by atoms with E-state index >= 15 is 0 Å². The molecule has 0 aliphatic carbocycles. The molecule has 3 nitrogen and oxygen atoms in total. The minimum Gasteiger partial charge on any atom is -0.493 e. The fraction of sp³-hybridized carbons (Fsp3) is 0.300. The number of nitrogens with one attached hydrogen (secondary N) is 1. The third-order valence-electron chi connectivity index (χ3n) is 1.77. The van der Waals surface area contributed by atoms with Crippen molar-refractivity contribution in [3.63, 3.8) is 0 Å². The lowest BCUT2D eigenvalue weighted by molar-refractivity contribution is -0.121. The quantitative estimate of drug-likeness (QED) is 0.914. The monoisotopic (exact) mass is 275 g/mol. The zero-order chi connectivity index (χ0) is 11.3. The lowest BCUT2D eigenvalue weighted by atomic mass is 10.3. The van der Waals surface area contributed by atoms with E-state index in [-0.39, 0.29) is 24.8 Å². The summed E-state index contributed by atoms with van der Waals surface area (Å²) >= 11 is 3.04. The lowest BCUT2D eigenvalue weighted by Crippen LogP contribution is -2.20. The van der Waals surface area contributed by atoms with E-state index in [0.29, 0.717) is 10.2 Å². The molecule has 0 unspecified atom stereocenters. The first kappa shape index (κ1) is 12.0. The maximum atomic E-state index is 13.0. The Morgan fingerprint density at radius 2 is 2.33 bits per heavy atom. The van der Waals surface area contributed by atoms with Gasteiger partial charge in [0.25, 0.3) is 0 Å². The molecule has 1 aromatic carbocycles. The zero-order valence-corrected chi connectivity index (χ0v) is 9.80. The lowest BCUT2D eigenvalue weighted by Gasteiger charge is -2.05. The van der Waals surface area contributed by atoms with E-state index in [0.717, 1.165) is 0 Å². The normalized spacial score (nSPS) is 9.80. The predicted molar refractivity (Wildman–Crippen MR) is 58.3 cm³/mol. The summed E-state index contributed by atoms with van der Waals surface area (Å²) in [6.45, 7) is 0.237. The molecule has 0 atom stereocenters. The molecule has 1 rings (SSSR count). The van der Waals surface area contributed by atoms with Gasteiger partial charge in [-0.2, -0.15) is 0 Å². The van der Waals surface area contributed by atoms with Gasteiger partial charge >= 0.3 is 0 Å². The molecule has 0 radical (unpaired) electrons. The van der Waals surface area contributed by atoms with Crippen molar-refractivity contribution in [3.05, 3.63) is 28.5 Å². The number of carbonyl (C=O) groups is 1. The number of halogens is 2. The molecular weight excluding hydrogens is 265 g/mol. The zero-order valence-electron chi connectivity index (χ0n) is 8.22. The first-order chi connectivity index (χ1) is 7.13. The molecule has 0 heterocycles. The van der Waals surface area contributed by atoms with Gasteiger partial charge in [0.15, 0.2) is 0 Å². The van der Waals surface area contributed by atoms with Crippen LogP contribution in [0, 0.1) is 5.82 Å². The number of carbonyl (C=O) groups excluding carboxylic acids is 1. The second-order valence-electron chi connectivity index (χ2n) is 2.85. The molecule has 0 spiro atoms. The van der Waals surface area contributed by atoms with Crippen molar-refractivity contribution in [1.82, 2.24) is 5.32 Å². The standard InChI is InChI=1S/C10H11BrFNO2/c1-13-10(14)4-5-15-7-2-3-8(11)9(12)6-7/h2-3,6H,4-5H2,1H3,(H,13,14). The number of amides is 1. The van der Waals surface area contributed by atoms with Crippen LogP contribution in [-0.2, 0) is 4.79 Å². The Balaban J connectivity index is 2.44. The van der Waals surface area contributed by atoms with Crippen molar-refractivity contribution in [2.45, 2.75) is 6.42 Å². The molecule has 5 heteroatoms. The van der Waals surface area contributed by atoms with Crippen molar-refractivity contribution in [3.8, 4) is 5.75 Å². The predicted octanol–water partition coefficient (Wildman–Crippen LogP) is 2.10. The highest BCUT2D eigenvalue weighted by Gasteiger charge is 2.02. The van der Waals surface area contributed by atoms with Gasteiger partial charge < -0.3 is 10.1 Å². The van der Waals surface area contributed by atoms with E-state index in [1.54, 1.807) is 19.2 Å². The maximum Gasteiger partial charge on any atom is 0.223 e. The minimum absolute atomic E-state index is 0.104. The van der Waals surface area contributed by atoms with E-state index < -0.39 is 0 Å². The molecule has 82 valence electrons. The summed E-state index contributed by atoms with van der Waals surface area (Å²) in [6.07, 6.45) is 0.258. The summed E-state index contributed by atoms with van der Waals surface area (Å²) in [4.78, 5) is 10.9. The van der Waals surface area contributed by atoms with Gasteiger partial charge in [0, 0.05) is 13.1 Å². The van der Waals surface area contributed by atoms with Crippen molar-refractivity contribution >= 4 is 21.8 Å². The molecule has 1 amide bonds. The Morgan fingerprint density at radius 3 is 2.93 bits per heavy atom. The summed E-state index contributed by atoms with van der Waals surface area (Å²) in [5, 5.41) is 2.47. The molecule has 1 N–H and O–H groups in total. The SMILES string of the molecule is CNC(=O)CCOc1ccc(Br)c(F)c1. The van der Waals surface area contributed by atoms with Gasteiger partial charge in [0.2, 0.25) is 5.91 Å². The second-order valence-corrected chi connectivity index (χ2v) is 3.70. The topological polar surface area (TPSA) is 38.3 Å². The van der Waals surface area contributed by atoms with Gasteiger partial charge in [-0.1, -0.05) is 0 Å². The summed E-state index contributed by atoms with van der Waals surface area (Å²) in [7, 11) is 1.56. The van der Waals surface area contributed by atoms with Gasteiger partial charge in [-0.25, -0.2) is 4.39 Å². The van der Waals surface area contributed by atoms with Gasteiger partial charge in [-0.3, -0.25) is 4.79 Å². The average molecular weight is 276 g/mol. The Hall–Kier alpha value is -1.10. The maximum absolute atomic E-state index is 13.0. The summed E-state index contributed by atoms with van der Waals surface area (Å²) in [6, 6.07) is 4.47. The van der Waals surface area contributed by atoms with E-state index in [9.17, 15) is 9.18 Å². The van der Waals surface area contributed by atoms with Crippen molar-refractivity contribution < 1.29 is 13.9 Å². The molecule has 0 saturated carbocycles. The number of benzene rings is 1. The van der Waals surface area contributed by atoms with Gasteiger partial charge in [0.1, 0.15) is 11.6 Å². The van der Waals surface area contributed by atoms with Gasteiger partial charge in [-0.05, 0) is 28.1 Å². The van der Waals surface area contributed by atoms with Crippen LogP contribution in [0.25, 0.3) is 0 Å². The number of rotatable bonds is 4. The number of ether oxygens (including phenoxy) is 1. The summed E-state index contributed by atoms with van der Waals surface area (Å²) in [5.74, 6) is -0.0698. The molecule has 0 saturated heterocycles. The van der Waals surface area contributed by atoms with Crippen molar-refractivity contribution in [2.75, 3.05) is 13.7 Å². The highest BCUT2D eigenvalue weighted by atomic mass is 79.9. The molecular formula is C10H11BrFNO2. The van der Waals surface area contributed by atoms with Crippen LogP contribution in [0.4, 0.5) is 4.39 Å². The van der Waals surface area contributed by atoms with E-state index in [1.807, 2.05) is 0 Å². The van der Waals surface area contributed by atoms with Crippen LogP contribution in [0.2, 0.25) is 0 Å². The Kier molecular flexibility index (Phi) is 4.55. The van der Waals surface area contributed by atoms with Crippen LogP contribution < -0.4 is 10.1 Å². The van der Waals surface area contributed by atoms with Crippen LogP contribution in [0.15, 0.2) is 22.7 Å². The van der Waals surface area contributed by atoms with Crippen molar-refractivity contribution in [2.24, 2.45) is 0 Å². The minimum atomic E-state index is -0.382. The fourth-order valence-corrected chi connectivity index (χ4v) is 1.20. The van der Waals surface area contributed by atoms with Crippen LogP contribution in [0.5, 0.6) is 5.75 Å².